The van der Waals surface area contributed by atoms with E-state index in [1.54, 1.807) is 10.9 Å². The summed E-state index contributed by atoms with van der Waals surface area (Å²) in [7, 11) is 3.89. The molecule has 1 N–H and O–H groups in total. The highest BCUT2D eigenvalue weighted by atomic mass is 15.3. The van der Waals surface area contributed by atoms with E-state index in [0.717, 1.165) is 11.4 Å². The molecule has 0 aliphatic carbocycles. The number of nitrogens with one attached hydrogen (secondary N) is 1. The number of aromatic nitrogens is 2. The number of aryl methyl sites for hydroxylation is 1. The fourth-order valence-electron chi connectivity index (χ4n) is 1.32. The van der Waals surface area contributed by atoms with Crippen molar-refractivity contribution < 1.29 is 0 Å². The first kappa shape index (κ1) is 9.58. The third-order valence-corrected chi connectivity index (χ3v) is 2.08. The molecule has 0 unspecified atom stereocenters. The summed E-state index contributed by atoms with van der Waals surface area (Å²) < 4.78 is 1.77. The maximum Gasteiger partial charge on any atom is 0.0770 e. The summed E-state index contributed by atoms with van der Waals surface area (Å²) in [4.78, 5) is 1.99. The average Bonchev–Trinajstić information content (AvgIpc) is 2.48. The number of allylic oxidation sites excluding steroid dienone is 3. The van der Waals surface area contributed by atoms with Crippen LogP contribution in [0.1, 0.15) is 0 Å². The van der Waals surface area contributed by atoms with E-state index >= 15 is 0 Å². The van der Waals surface area contributed by atoms with E-state index in [-0.39, 0.29) is 0 Å². The van der Waals surface area contributed by atoms with Gasteiger partial charge < -0.3 is 10.2 Å². The summed E-state index contributed by atoms with van der Waals surface area (Å²) >= 11 is 0. The van der Waals surface area contributed by atoms with Crippen LogP contribution in [-0.4, -0.2) is 21.7 Å². The van der Waals surface area contributed by atoms with Gasteiger partial charge in [-0.25, -0.2) is 0 Å². The number of hydrogen-bond acceptors (Lipinski definition) is 3. The Balaban J connectivity index is 2.10. The molecule has 15 heavy (non-hydrogen) atoms. The number of hydrogen-bond donors (Lipinski definition) is 1. The highest BCUT2D eigenvalue weighted by Crippen LogP contribution is 2.10. The van der Waals surface area contributed by atoms with Crippen LogP contribution >= 0.6 is 0 Å². The third-order valence-electron chi connectivity index (χ3n) is 2.08. The molecule has 78 valence electrons. The van der Waals surface area contributed by atoms with E-state index in [1.165, 1.54) is 0 Å². The van der Waals surface area contributed by atoms with Crippen molar-refractivity contribution in [1.82, 2.24) is 14.7 Å². The van der Waals surface area contributed by atoms with E-state index in [2.05, 4.69) is 10.4 Å². The molecule has 0 bridgehead atoms. The van der Waals surface area contributed by atoms with Gasteiger partial charge in [0.2, 0.25) is 0 Å². The maximum atomic E-state index is 4.09. The molecule has 2 heterocycles. The lowest BCUT2D eigenvalue weighted by atomic mass is 10.3. The van der Waals surface area contributed by atoms with Gasteiger partial charge in [0.1, 0.15) is 0 Å². The standard InChI is InChI=1S/C11H14N4/c1-14-6-3-4-10(5-7-14)13-11-8-12-15(2)9-11/h3-9,13H,1-2H3. The zero-order valence-corrected chi connectivity index (χ0v) is 8.88. The van der Waals surface area contributed by atoms with Crippen LogP contribution in [0.4, 0.5) is 5.69 Å². The van der Waals surface area contributed by atoms with Crippen LogP contribution in [0.5, 0.6) is 0 Å². The lowest BCUT2D eigenvalue weighted by Crippen LogP contribution is -1.99. The van der Waals surface area contributed by atoms with Gasteiger partial charge in [-0.15, -0.1) is 0 Å². The first-order valence-electron chi connectivity index (χ1n) is 4.78. The van der Waals surface area contributed by atoms with Crippen LogP contribution in [0.3, 0.4) is 0 Å². The summed E-state index contributed by atoms with van der Waals surface area (Å²) in [6, 6.07) is 0. The maximum absolute atomic E-state index is 4.09. The predicted octanol–water partition coefficient (Wildman–Crippen LogP) is 1.69. The zero-order chi connectivity index (χ0) is 10.7. The van der Waals surface area contributed by atoms with Crippen LogP contribution in [0.25, 0.3) is 0 Å². The van der Waals surface area contributed by atoms with E-state index in [0.29, 0.717) is 0 Å². The number of rotatable bonds is 2. The highest BCUT2D eigenvalue weighted by molar-refractivity contribution is 5.49. The molecule has 1 aliphatic heterocycles. The molecular formula is C11H14N4. The summed E-state index contributed by atoms with van der Waals surface area (Å²) in [5, 5.41) is 7.37. The number of nitrogens with zero attached hydrogens (tertiary/aromatic N) is 3. The molecular weight excluding hydrogens is 188 g/mol. The van der Waals surface area contributed by atoms with Crippen LogP contribution in [-0.2, 0) is 7.05 Å². The van der Waals surface area contributed by atoms with Gasteiger partial charge in [0.15, 0.2) is 0 Å². The molecule has 1 aromatic heterocycles. The van der Waals surface area contributed by atoms with Gasteiger partial charge in [-0.1, -0.05) is 0 Å². The molecule has 0 fully saturated rings. The topological polar surface area (TPSA) is 33.1 Å². The van der Waals surface area contributed by atoms with Gasteiger partial charge in [-0.05, 0) is 18.2 Å². The van der Waals surface area contributed by atoms with E-state index in [9.17, 15) is 0 Å². The third kappa shape index (κ3) is 2.49. The SMILES string of the molecule is CN1C=CC=C(Nc2cnn(C)c2)C=C1. The zero-order valence-electron chi connectivity index (χ0n) is 8.88. The van der Waals surface area contributed by atoms with E-state index < -0.39 is 0 Å². The Bertz CT molecular complexity index is 426. The fourth-order valence-corrected chi connectivity index (χ4v) is 1.32. The molecule has 0 amide bonds. The second-order valence-electron chi connectivity index (χ2n) is 3.47. The Labute approximate surface area is 89.2 Å². The quantitative estimate of drug-likeness (QED) is 0.792. The van der Waals surface area contributed by atoms with E-state index in [1.807, 2.05) is 55.8 Å². The van der Waals surface area contributed by atoms with Crippen molar-refractivity contribution in [3.05, 3.63) is 48.7 Å². The Hall–Kier alpha value is -1.97. The molecule has 0 atom stereocenters. The van der Waals surface area contributed by atoms with Gasteiger partial charge in [0.25, 0.3) is 0 Å². The van der Waals surface area contributed by atoms with Crippen molar-refractivity contribution in [2.24, 2.45) is 7.05 Å². The van der Waals surface area contributed by atoms with Gasteiger partial charge >= 0.3 is 0 Å². The molecule has 1 aliphatic rings. The molecule has 4 nitrogen and oxygen atoms in total. The fraction of sp³-hybridized carbons (Fsp3) is 0.182. The summed E-state index contributed by atoms with van der Waals surface area (Å²) in [5.41, 5.74) is 2.04. The van der Waals surface area contributed by atoms with Crippen molar-refractivity contribution in [1.29, 1.82) is 0 Å². The van der Waals surface area contributed by atoms with Crippen molar-refractivity contribution >= 4 is 5.69 Å². The molecule has 0 spiro atoms. The first-order chi connectivity index (χ1) is 7.24. The lowest BCUT2D eigenvalue weighted by molar-refractivity contribution is 0.627. The minimum atomic E-state index is 0.992. The number of anilines is 1. The van der Waals surface area contributed by atoms with Crippen LogP contribution in [0, 0.1) is 0 Å². The largest absolute Gasteiger partial charge is 0.357 e. The van der Waals surface area contributed by atoms with Crippen molar-refractivity contribution in [3.63, 3.8) is 0 Å². The molecule has 2 rings (SSSR count). The summed E-state index contributed by atoms with van der Waals surface area (Å²) in [5.74, 6) is 0. The predicted molar refractivity (Wildman–Crippen MR) is 61.0 cm³/mol. The van der Waals surface area contributed by atoms with Crippen molar-refractivity contribution in [3.8, 4) is 0 Å². The van der Waals surface area contributed by atoms with Crippen LogP contribution < -0.4 is 5.32 Å². The monoisotopic (exact) mass is 202 g/mol. The van der Waals surface area contributed by atoms with Crippen molar-refractivity contribution in [2.45, 2.75) is 0 Å². The van der Waals surface area contributed by atoms with Gasteiger partial charge in [-0.2, -0.15) is 5.10 Å². The average molecular weight is 202 g/mol. The molecule has 0 radical (unpaired) electrons. The Morgan fingerprint density at radius 1 is 1.27 bits per heavy atom. The Kier molecular flexibility index (Phi) is 2.58. The summed E-state index contributed by atoms with van der Waals surface area (Å²) in [6.07, 6.45) is 13.8. The smallest absolute Gasteiger partial charge is 0.0770 e. The normalized spacial score (nSPS) is 15.1. The highest BCUT2D eigenvalue weighted by Gasteiger charge is 1.98. The van der Waals surface area contributed by atoms with Gasteiger partial charge in [-0.3, -0.25) is 4.68 Å². The molecule has 1 aromatic rings. The van der Waals surface area contributed by atoms with Crippen molar-refractivity contribution in [2.75, 3.05) is 12.4 Å². The summed E-state index contributed by atoms with van der Waals surface area (Å²) in [6.45, 7) is 0. The van der Waals surface area contributed by atoms with Gasteiger partial charge in [0.05, 0.1) is 11.9 Å². The Morgan fingerprint density at radius 3 is 2.87 bits per heavy atom. The second-order valence-corrected chi connectivity index (χ2v) is 3.47. The van der Waals surface area contributed by atoms with Gasteiger partial charge in [0, 0.05) is 38.4 Å². The second kappa shape index (κ2) is 4.04. The molecule has 0 aromatic carbocycles. The molecule has 0 saturated carbocycles. The Morgan fingerprint density at radius 2 is 2.13 bits per heavy atom. The van der Waals surface area contributed by atoms with Crippen LogP contribution in [0.15, 0.2) is 48.7 Å². The molecule has 0 saturated heterocycles. The molecule has 4 heteroatoms. The minimum Gasteiger partial charge on any atom is -0.357 e. The van der Waals surface area contributed by atoms with E-state index in [4.69, 9.17) is 0 Å². The first-order valence-corrected chi connectivity index (χ1v) is 4.78. The minimum absolute atomic E-state index is 0.992. The lowest BCUT2D eigenvalue weighted by Gasteiger charge is -2.04. The van der Waals surface area contributed by atoms with Crippen LogP contribution in [0.2, 0.25) is 0 Å².